The van der Waals surface area contributed by atoms with Crippen LogP contribution in [0.3, 0.4) is 0 Å². The fourth-order valence-electron chi connectivity index (χ4n) is 2.01. The van der Waals surface area contributed by atoms with Gasteiger partial charge in [-0.05, 0) is 20.8 Å². The highest BCUT2D eigenvalue weighted by Gasteiger charge is 2.38. The second kappa shape index (κ2) is 12.7. The largest absolute Gasteiger partial charge is 0.480 e. The van der Waals surface area contributed by atoms with Gasteiger partial charge in [-0.3, -0.25) is 19.2 Å². The van der Waals surface area contributed by atoms with Gasteiger partial charge >= 0.3 is 23.9 Å². The van der Waals surface area contributed by atoms with Crippen molar-refractivity contribution in [2.75, 3.05) is 19.8 Å². The standard InChI is InChI=1S/C16H25NO9/c1-4-24-12(19)8-7-11(18)17-14(15(21)22)10(16(23)26-6-3)9-13(20)25-5-2/h10,14H,4-9H2,1-3H3,(H,17,18)(H,21,22)/t10-,14+/m0/s1. The van der Waals surface area contributed by atoms with Gasteiger partial charge in [-0.2, -0.15) is 0 Å². The maximum absolute atomic E-state index is 12.0. The van der Waals surface area contributed by atoms with Crippen molar-refractivity contribution in [3.05, 3.63) is 0 Å². The third kappa shape index (κ3) is 9.00. The van der Waals surface area contributed by atoms with E-state index in [1.165, 1.54) is 6.92 Å². The molecule has 0 aliphatic heterocycles. The highest BCUT2D eigenvalue weighted by Crippen LogP contribution is 2.14. The molecule has 0 spiro atoms. The molecule has 0 saturated heterocycles. The minimum Gasteiger partial charge on any atom is -0.480 e. The van der Waals surface area contributed by atoms with E-state index in [4.69, 9.17) is 9.47 Å². The average Bonchev–Trinajstić information content (AvgIpc) is 2.56. The van der Waals surface area contributed by atoms with Gasteiger partial charge in [0.15, 0.2) is 0 Å². The van der Waals surface area contributed by atoms with Crippen LogP contribution in [0.15, 0.2) is 0 Å². The SMILES string of the molecule is CCOC(=O)CCC(=O)N[C@@H](C(=O)O)[C@H](CC(=O)OCC)C(=O)OCC. The lowest BCUT2D eigenvalue weighted by atomic mass is 9.95. The zero-order valence-corrected chi connectivity index (χ0v) is 15.1. The fraction of sp³-hybridized carbons (Fsp3) is 0.688. The predicted octanol–water partition coefficient (Wildman–Crippen LogP) is 0.0316. The van der Waals surface area contributed by atoms with Crippen molar-refractivity contribution in [3.63, 3.8) is 0 Å². The van der Waals surface area contributed by atoms with Gasteiger partial charge in [0.25, 0.3) is 0 Å². The molecule has 0 fully saturated rings. The Hall–Kier alpha value is -2.65. The summed E-state index contributed by atoms with van der Waals surface area (Å²) in [5.74, 6) is -6.10. The van der Waals surface area contributed by atoms with E-state index in [0.29, 0.717) is 0 Å². The lowest BCUT2D eigenvalue weighted by molar-refractivity contribution is -0.160. The molecule has 26 heavy (non-hydrogen) atoms. The molecular formula is C16H25NO9. The van der Waals surface area contributed by atoms with Crippen LogP contribution in [0, 0.1) is 5.92 Å². The van der Waals surface area contributed by atoms with Crippen molar-refractivity contribution in [1.29, 1.82) is 0 Å². The molecule has 1 amide bonds. The van der Waals surface area contributed by atoms with Crippen LogP contribution in [0.5, 0.6) is 0 Å². The first-order chi connectivity index (χ1) is 12.3. The van der Waals surface area contributed by atoms with Crippen molar-refractivity contribution in [1.82, 2.24) is 5.32 Å². The third-order valence-corrected chi connectivity index (χ3v) is 3.13. The number of amides is 1. The lowest BCUT2D eigenvalue weighted by Crippen LogP contribution is -2.49. The molecule has 0 radical (unpaired) electrons. The van der Waals surface area contributed by atoms with Crippen LogP contribution in [0.4, 0.5) is 0 Å². The third-order valence-electron chi connectivity index (χ3n) is 3.13. The Balaban J connectivity index is 5.10. The zero-order valence-electron chi connectivity index (χ0n) is 15.1. The highest BCUT2D eigenvalue weighted by atomic mass is 16.5. The van der Waals surface area contributed by atoms with Gasteiger partial charge in [-0.15, -0.1) is 0 Å². The molecule has 2 atom stereocenters. The molecule has 0 rings (SSSR count). The van der Waals surface area contributed by atoms with E-state index in [1.54, 1.807) is 13.8 Å². The number of aliphatic carboxylic acids is 1. The topological polar surface area (TPSA) is 145 Å². The van der Waals surface area contributed by atoms with E-state index in [-0.39, 0.29) is 32.7 Å². The molecule has 0 aliphatic carbocycles. The second-order valence-electron chi connectivity index (χ2n) is 5.06. The van der Waals surface area contributed by atoms with Gasteiger partial charge in [0.1, 0.15) is 6.04 Å². The maximum Gasteiger partial charge on any atom is 0.327 e. The monoisotopic (exact) mass is 375 g/mol. The van der Waals surface area contributed by atoms with E-state index in [9.17, 15) is 29.1 Å². The van der Waals surface area contributed by atoms with Crippen molar-refractivity contribution in [2.24, 2.45) is 5.92 Å². The Labute approximate surface area is 151 Å². The number of rotatable bonds is 12. The number of carboxylic acid groups (broad SMARTS) is 1. The first-order valence-corrected chi connectivity index (χ1v) is 8.26. The Bertz CT molecular complexity index is 518. The van der Waals surface area contributed by atoms with Gasteiger partial charge < -0.3 is 24.6 Å². The normalized spacial score (nSPS) is 12.4. The molecule has 0 bridgehead atoms. The number of hydrogen-bond acceptors (Lipinski definition) is 8. The summed E-state index contributed by atoms with van der Waals surface area (Å²) in [6.07, 6.45) is -1.13. The van der Waals surface area contributed by atoms with E-state index in [0.717, 1.165) is 0 Å². The van der Waals surface area contributed by atoms with E-state index < -0.39 is 48.2 Å². The Morgan fingerprint density at radius 1 is 0.846 bits per heavy atom. The first-order valence-electron chi connectivity index (χ1n) is 8.26. The summed E-state index contributed by atoms with van der Waals surface area (Å²) >= 11 is 0. The smallest absolute Gasteiger partial charge is 0.327 e. The van der Waals surface area contributed by atoms with Crippen LogP contribution in [0.1, 0.15) is 40.0 Å². The molecule has 10 nitrogen and oxygen atoms in total. The number of carbonyl (C=O) groups is 5. The van der Waals surface area contributed by atoms with E-state index in [1.807, 2.05) is 0 Å². The molecule has 0 heterocycles. The van der Waals surface area contributed by atoms with Gasteiger partial charge in [-0.25, -0.2) is 4.79 Å². The summed E-state index contributed by atoms with van der Waals surface area (Å²) in [5.41, 5.74) is 0. The number of ether oxygens (including phenoxy) is 3. The number of esters is 3. The van der Waals surface area contributed by atoms with Gasteiger partial charge in [0.2, 0.25) is 5.91 Å². The Morgan fingerprint density at radius 2 is 1.38 bits per heavy atom. The molecule has 10 heteroatoms. The molecule has 0 aliphatic rings. The first kappa shape index (κ1) is 23.4. The highest BCUT2D eigenvalue weighted by molar-refractivity contribution is 5.91. The molecule has 2 N–H and O–H groups in total. The van der Waals surface area contributed by atoms with Crippen LogP contribution in [-0.2, 0) is 38.2 Å². The summed E-state index contributed by atoms with van der Waals surface area (Å²) in [6.45, 7) is 4.87. The Kier molecular flexibility index (Phi) is 11.4. The molecule has 0 saturated carbocycles. The van der Waals surface area contributed by atoms with Crippen LogP contribution in [-0.4, -0.2) is 60.8 Å². The van der Waals surface area contributed by atoms with Crippen molar-refractivity contribution in [3.8, 4) is 0 Å². The summed E-state index contributed by atoms with van der Waals surface area (Å²) in [4.78, 5) is 58.4. The molecule has 148 valence electrons. The van der Waals surface area contributed by atoms with Crippen LogP contribution in [0.25, 0.3) is 0 Å². The van der Waals surface area contributed by atoms with Gasteiger partial charge in [0.05, 0.1) is 38.6 Å². The predicted molar refractivity (Wildman–Crippen MR) is 86.8 cm³/mol. The zero-order chi connectivity index (χ0) is 20.1. The summed E-state index contributed by atoms with van der Waals surface area (Å²) in [5, 5.41) is 11.5. The molecule has 0 aromatic rings. The van der Waals surface area contributed by atoms with Crippen molar-refractivity contribution in [2.45, 2.75) is 46.1 Å². The lowest BCUT2D eigenvalue weighted by Gasteiger charge is -2.22. The van der Waals surface area contributed by atoms with Gasteiger partial charge in [-0.1, -0.05) is 0 Å². The Morgan fingerprint density at radius 3 is 1.88 bits per heavy atom. The van der Waals surface area contributed by atoms with E-state index >= 15 is 0 Å². The van der Waals surface area contributed by atoms with Gasteiger partial charge in [0, 0.05) is 6.42 Å². The molecular weight excluding hydrogens is 350 g/mol. The van der Waals surface area contributed by atoms with Crippen LogP contribution >= 0.6 is 0 Å². The average molecular weight is 375 g/mol. The van der Waals surface area contributed by atoms with Crippen LogP contribution in [0.2, 0.25) is 0 Å². The number of hydrogen-bond donors (Lipinski definition) is 2. The summed E-state index contributed by atoms with van der Waals surface area (Å²) in [6, 6.07) is -1.70. The quantitative estimate of drug-likeness (QED) is 0.356. The maximum atomic E-state index is 12.0. The van der Waals surface area contributed by atoms with Crippen molar-refractivity contribution < 1.29 is 43.3 Å². The molecule has 0 aromatic heterocycles. The fourth-order valence-corrected chi connectivity index (χ4v) is 2.01. The minimum atomic E-state index is -1.70. The van der Waals surface area contributed by atoms with Crippen molar-refractivity contribution >= 4 is 29.8 Å². The molecule has 0 unspecified atom stereocenters. The summed E-state index contributed by atoms with van der Waals surface area (Å²) in [7, 11) is 0. The second-order valence-corrected chi connectivity index (χ2v) is 5.06. The van der Waals surface area contributed by atoms with E-state index in [2.05, 4.69) is 10.1 Å². The summed E-state index contributed by atoms with van der Waals surface area (Å²) < 4.78 is 14.2. The number of nitrogens with one attached hydrogen (secondary N) is 1. The van der Waals surface area contributed by atoms with Crippen LogP contribution < -0.4 is 5.32 Å². The minimum absolute atomic E-state index is 0.0265. The molecule has 0 aromatic carbocycles. The number of carboxylic acids is 1. The number of carbonyl (C=O) groups excluding carboxylic acids is 4.